The van der Waals surface area contributed by atoms with Gasteiger partial charge in [0.2, 0.25) is 0 Å². The van der Waals surface area contributed by atoms with Crippen LogP contribution in [0.15, 0.2) is 16.9 Å². The van der Waals surface area contributed by atoms with Gasteiger partial charge < -0.3 is 4.74 Å². The van der Waals surface area contributed by atoms with Crippen LogP contribution in [0.3, 0.4) is 0 Å². The molecule has 2 rings (SSSR count). The SMILES string of the molecule is CC(C)c1cc(Br)ncc1OC1CC1. The summed E-state index contributed by atoms with van der Waals surface area (Å²) < 4.78 is 6.67. The zero-order chi connectivity index (χ0) is 10.1. The van der Waals surface area contributed by atoms with E-state index in [2.05, 4.69) is 34.8 Å². The number of halogens is 1. The fourth-order valence-corrected chi connectivity index (χ4v) is 1.70. The van der Waals surface area contributed by atoms with Crippen molar-refractivity contribution < 1.29 is 4.74 Å². The molecule has 1 aromatic heterocycles. The Hall–Kier alpha value is -0.570. The van der Waals surface area contributed by atoms with Crippen molar-refractivity contribution in [3.63, 3.8) is 0 Å². The highest BCUT2D eigenvalue weighted by Crippen LogP contribution is 2.33. The summed E-state index contributed by atoms with van der Waals surface area (Å²) >= 11 is 3.38. The summed E-state index contributed by atoms with van der Waals surface area (Å²) in [4.78, 5) is 4.19. The highest BCUT2D eigenvalue weighted by molar-refractivity contribution is 9.10. The fourth-order valence-electron chi connectivity index (χ4n) is 1.35. The molecule has 2 nitrogen and oxygen atoms in total. The van der Waals surface area contributed by atoms with Crippen LogP contribution in [0.1, 0.15) is 38.2 Å². The molecule has 3 heteroatoms. The Bertz CT molecular complexity index is 334. The molecule has 1 aliphatic carbocycles. The second-order valence-corrected chi connectivity index (χ2v) is 4.83. The standard InChI is InChI=1S/C11H14BrNO/c1-7(2)9-5-11(12)13-6-10(9)14-8-3-4-8/h5-8H,3-4H2,1-2H3. The molecule has 0 bridgehead atoms. The molecule has 0 amide bonds. The summed E-state index contributed by atoms with van der Waals surface area (Å²) in [5.74, 6) is 1.42. The third kappa shape index (κ3) is 2.27. The fraction of sp³-hybridized carbons (Fsp3) is 0.545. The highest BCUT2D eigenvalue weighted by Gasteiger charge is 2.25. The zero-order valence-electron chi connectivity index (χ0n) is 8.46. The smallest absolute Gasteiger partial charge is 0.141 e. The Balaban J connectivity index is 2.26. The van der Waals surface area contributed by atoms with E-state index in [1.165, 1.54) is 18.4 Å². The lowest BCUT2D eigenvalue weighted by Gasteiger charge is -2.13. The van der Waals surface area contributed by atoms with Crippen LogP contribution in [-0.4, -0.2) is 11.1 Å². The van der Waals surface area contributed by atoms with E-state index >= 15 is 0 Å². The van der Waals surface area contributed by atoms with Gasteiger partial charge in [-0.3, -0.25) is 0 Å². The Morgan fingerprint density at radius 2 is 2.21 bits per heavy atom. The second-order valence-electron chi connectivity index (χ2n) is 4.02. The molecule has 1 saturated carbocycles. The molecule has 0 radical (unpaired) electrons. The quantitative estimate of drug-likeness (QED) is 0.772. The first kappa shape index (κ1) is 9.97. The summed E-state index contributed by atoms with van der Waals surface area (Å²) in [7, 11) is 0. The summed E-state index contributed by atoms with van der Waals surface area (Å²) in [5.41, 5.74) is 1.23. The topological polar surface area (TPSA) is 22.1 Å². The van der Waals surface area contributed by atoms with Gasteiger partial charge in [-0.25, -0.2) is 4.98 Å². The van der Waals surface area contributed by atoms with Crippen molar-refractivity contribution in [2.75, 3.05) is 0 Å². The number of hydrogen-bond acceptors (Lipinski definition) is 2. The van der Waals surface area contributed by atoms with Gasteiger partial charge in [0.15, 0.2) is 0 Å². The van der Waals surface area contributed by atoms with Crippen LogP contribution in [-0.2, 0) is 0 Å². The molecule has 0 N–H and O–H groups in total. The Morgan fingerprint density at radius 1 is 1.50 bits per heavy atom. The van der Waals surface area contributed by atoms with Gasteiger partial charge in [0, 0.05) is 5.56 Å². The summed E-state index contributed by atoms with van der Waals surface area (Å²) in [6, 6.07) is 2.04. The van der Waals surface area contributed by atoms with E-state index in [1.54, 1.807) is 0 Å². The van der Waals surface area contributed by atoms with Crippen molar-refractivity contribution in [2.45, 2.75) is 38.7 Å². The zero-order valence-corrected chi connectivity index (χ0v) is 10.0. The van der Waals surface area contributed by atoms with E-state index in [0.717, 1.165) is 10.4 Å². The molecule has 1 heterocycles. The van der Waals surface area contributed by atoms with Gasteiger partial charge in [-0.15, -0.1) is 0 Å². The predicted molar refractivity (Wildman–Crippen MR) is 59.7 cm³/mol. The molecular formula is C11H14BrNO. The minimum absolute atomic E-state index is 0.440. The molecule has 1 aliphatic rings. The second kappa shape index (κ2) is 3.89. The van der Waals surface area contributed by atoms with E-state index in [1.807, 2.05) is 12.3 Å². The summed E-state index contributed by atoms with van der Waals surface area (Å²) in [5, 5.41) is 0. The molecule has 1 aromatic rings. The number of rotatable bonds is 3. The molecule has 76 valence electrons. The third-order valence-electron chi connectivity index (χ3n) is 2.30. The molecule has 14 heavy (non-hydrogen) atoms. The first-order valence-electron chi connectivity index (χ1n) is 4.99. The largest absolute Gasteiger partial charge is 0.489 e. The van der Waals surface area contributed by atoms with Crippen LogP contribution in [0.2, 0.25) is 0 Å². The van der Waals surface area contributed by atoms with E-state index in [0.29, 0.717) is 12.0 Å². The van der Waals surface area contributed by atoms with E-state index < -0.39 is 0 Å². The van der Waals surface area contributed by atoms with Gasteiger partial charge >= 0.3 is 0 Å². The van der Waals surface area contributed by atoms with Crippen molar-refractivity contribution in [1.82, 2.24) is 4.98 Å². The van der Waals surface area contributed by atoms with Crippen LogP contribution >= 0.6 is 15.9 Å². The number of nitrogens with zero attached hydrogens (tertiary/aromatic N) is 1. The molecule has 0 unspecified atom stereocenters. The first-order valence-corrected chi connectivity index (χ1v) is 5.78. The van der Waals surface area contributed by atoms with Crippen LogP contribution < -0.4 is 4.74 Å². The van der Waals surface area contributed by atoms with Gasteiger partial charge in [0.25, 0.3) is 0 Å². The summed E-state index contributed by atoms with van der Waals surface area (Å²) in [6.45, 7) is 4.34. The van der Waals surface area contributed by atoms with Crippen molar-refractivity contribution in [3.05, 3.63) is 22.4 Å². The van der Waals surface area contributed by atoms with Crippen molar-refractivity contribution in [3.8, 4) is 5.75 Å². The van der Waals surface area contributed by atoms with E-state index in [9.17, 15) is 0 Å². The summed E-state index contributed by atoms with van der Waals surface area (Å²) in [6.07, 6.45) is 4.63. The van der Waals surface area contributed by atoms with E-state index in [4.69, 9.17) is 4.74 Å². The maximum Gasteiger partial charge on any atom is 0.141 e. The lowest BCUT2D eigenvalue weighted by Crippen LogP contribution is -2.01. The average molecular weight is 256 g/mol. The lowest BCUT2D eigenvalue weighted by molar-refractivity contribution is 0.297. The Morgan fingerprint density at radius 3 is 2.79 bits per heavy atom. The molecule has 0 spiro atoms. The lowest BCUT2D eigenvalue weighted by atomic mass is 10.0. The average Bonchev–Trinajstić information content (AvgIpc) is 2.91. The number of aromatic nitrogens is 1. The molecule has 0 saturated heterocycles. The monoisotopic (exact) mass is 255 g/mol. The van der Waals surface area contributed by atoms with Crippen LogP contribution in [0.4, 0.5) is 0 Å². The van der Waals surface area contributed by atoms with Gasteiger partial charge in [0.1, 0.15) is 10.4 Å². The highest BCUT2D eigenvalue weighted by atomic mass is 79.9. The van der Waals surface area contributed by atoms with E-state index in [-0.39, 0.29) is 0 Å². The molecule has 0 aromatic carbocycles. The normalized spacial score (nSPS) is 16.0. The molecular weight excluding hydrogens is 242 g/mol. The predicted octanol–water partition coefficient (Wildman–Crippen LogP) is 3.51. The van der Waals surface area contributed by atoms with Crippen molar-refractivity contribution >= 4 is 15.9 Å². The molecule has 1 fully saturated rings. The Kier molecular flexibility index (Phi) is 2.77. The minimum atomic E-state index is 0.440. The molecule has 0 atom stereocenters. The number of ether oxygens (including phenoxy) is 1. The van der Waals surface area contributed by atoms with Crippen LogP contribution in [0.25, 0.3) is 0 Å². The van der Waals surface area contributed by atoms with Crippen LogP contribution in [0.5, 0.6) is 5.75 Å². The van der Waals surface area contributed by atoms with Gasteiger partial charge in [0.05, 0.1) is 12.3 Å². The first-order chi connectivity index (χ1) is 6.66. The van der Waals surface area contributed by atoms with Gasteiger partial charge in [-0.1, -0.05) is 13.8 Å². The number of hydrogen-bond donors (Lipinski definition) is 0. The maximum absolute atomic E-state index is 5.79. The Labute approximate surface area is 92.8 Å². The van der Waals surface area contributed by atoms with Gasteiger partial charge in [-0.05, 0) is 40.8 Å². The maximum atomic E-state index is 5.79. The van der Waals surface area contributed by atoms with Crippen LogP contribution in [0, 0.1) is 0 Å². The van der Waals surface area contributed by atoms with Crippen molar-refractivity contribution in [1.29, 1.82) is 0 Å². The van der Waals surface area contributed by atoms with Gasteiger partial charge in [-0.2, -0.15) is 0 Å². The number of pyridine rings is 1. The third-order valence-corrected chi connectivity index (χ3v) is 2.74. The van der Waals surface area contributed by atoms with Crippen molar-refractivity contribution in [2.24, 2.45) is 0 Å². The molecule has 0 aliphatic heterocycles. The minimum Gasteiger partial charge on any atom is -0.489 e.